The van der Waals surface area contributed by atoms with Crippen LogP contribution in [0.15, 0.2) is 60.7 Å². The smallest absolute Gasteiger partial charge is 0.408 e. The van der Waals surface area contributed by atoms with Crippen molar-refractivity contribution in [2.75, 3.05) is 0 Å². The maximum atomic E-state index is 11.9. The molecule has 0 amide bonds. The Labute approximate surface area is 110 Å². The van der Waals surface area contributed by atoms with Gasteiger partial charge in [0.1, 0.15) is 5.75 Å². The van der Waals surface area contributed by atoms with E-state index < -0.39 is 7.60 Å². The third-order valence-electron chi connectivity index (χ3n) is 2.05. The molecule has 2 aromatic rings. The molecule has 1 atom stereocenters. The van der Waals surface area contributed by atoms with Crippen molar-refractivity contribution in [2.24, 2.45) is 0 Å². The molecule has 0 heterocycles. The van der Waals surface area contributed by atoms with E-state index in [4.69, 9.17) is 4.52 Å². The molecule has 0 aliphatic carbocycles. The Balaban J connectivity index is 0.00000144. The third kappa shape index (κ3) is 3.72. The van der Waals surface area contributed by atoms with Crippen LogP contribution in [-0.4, -0.2) is 4.89 Å². The number of hydrogen-bond donors (Lipinski definition) is 1. The molecule has 0 spiro atoms. The van der Waals surface area contributed by atoms with E-state index in [2.05, 4.69) is 0 Å². The fraction of sp³-hybridized carbons (Fsp3) is 0. The minimum absolute atomic E-state index is 0. The van der Waals surface area contributed by atoms with Gasteiger partial charge in [-0.3, -0.25) is 0 Å². The summed E-state index contributed by atoms with van der Waals surface area (Å²) in [5, 5.41) is 0.291. The topological polar surface area (TPSA) is 46.5 Å². The summed E-state index contributed by atoms with van der Waals surface area (Å²) in [5.41, 5.74) is 0. The van der Waals surface area contributed by atoms with Crippen LogP contribution in [0.3, 0.4) is 0 Å². The molecule has 0 saturated carbocycles. The van der Waals surface area contributed by atoms with E-state index in [9.17, 15) is 9.46 Å². The second-order valence-electron chi connectivity index (χ2n) is 3.26. The summed E-state index contributed by atoms with van der Waals surface area (Å²) in [6.07, 6.45) is 0. The van der Waals surface area contributed by atoms with Crippen LogP contribution in [-0.2, 0) is 21.3 Å². The van der Waals surface area contributed by atoms with Gasteiger partial charge in [-0.15, -0.1) is 0 Å². The Kier molecular flexibility index (Phi) is 4.96. The van der Waals surface area contributed by atoms with Crippen molar-refractivity contribution in [3.8, 4) is 5.75 Å². The summed E-state index contributed by atoms with van der Waals surface area (Å²) in [7, 11) is -3.77. The van der Waals surface area contributed by atoms with E-state index >= 15 is 0 Å². The van der Waals surface area contributed by atoms with Crippen molar-refractivity contribution in [3.05, 3.63) is 60.7 Å². The Morgan fingerprint density at radius 2 is 1.35 bits per heavy atom. The predicted octanol–water partition coefficient (Wildman–Crippen LogP) is 2.57. The number of hydrogen-bond acceptors (Lipinski definition) is 2. The van der Waals surface area contributed by atoms with E-state index in [1.54, 1.807) is 54.6 Å². The molecule has 1 unspecified atom stereocenters. The zero-order chi connectivity index (χ0) is 11.4. The first-order valence-electron chi connectivity index (χ1n) is 4.81. The van der Waals surface area contributed by atoms with Gasteiger partial charge in [-0.25, -0.2) is 4.57 Å². The Bertz CT molecular complexity index is 502. The van der Waals surface area contributed by atoms with E-state index in [0.29, 0.717) is 11.1 Å². The molecule has 0 aliphatic heterocycles. The van der Waals surface area contributed by atoms with Gasteiger partial charge in [-0.05, 0) is 24.3 Å². The summed E-state index contributed by atoms with van der Waals surface area (Å²) >= 11 is 0. The van der Waals surface area contributed by atoms with E-state index in [0.717, 1.165) is 0 Å². The van der Waals surface area contributed by atoms with Crippen LogP contribution in [0.4, 0.5) is 0 Å². The minimum Gasteiger partial charge on any atom is -0.421 e. The van der Waals surface area contributed by atoms with Crippen molar-refractivity contribution in [2.45, 2.75) is 0 Å². The predicted molar refractivity (Wildman–Crippen MR) is 63.0 cm³/mol. The van der Waals surface area contributed by atoms with Gasteiger partial charge in [0.15, 0.2) is 0 Å². The van der Waals surface area contributed by atoms with Crippen LogP contribution in [0.25, 0.3) is 0 Å². The van der Waals surface area contributed by atoms with E-state index in [-0.39, 0.29) is 16.8 Å². The van der Waals surface area contributed by atoms with E-state index in [1.807, 2.05) is 6.07 Å². The van der Waals surface area contributed by atoms with Gasteiger partial charge in [0.25, 0.3) is 0 Å². The van der Waals surface area contributed by atoms with Gasteiger partial charge in [-0.2, -0.15) is 0 Å². The van der Waals surface area contributed by atoms with Gasteiger partial charge < -0.3 is 9.42 Å². The normalized spacial score (nSPS) is 13.2. The van der Waals surface area contributed by atoms with Crippen molar-refractivity contribution in [1.29, 1.82) is 0 Å². The van der Waals surface area contributed by atoms with Crippen molar-refractivity contribution in [3.63, 3.8) is 0 Å². The molecule has 3 nitrogen and oxygen atoms in total. The molecule has 2 aromatic carbocycles. The second kappa shape index (κ2) is 6.03. The first-order valence-corrected chi connectivity index (χ1v) is 6.39. The van der Waals surface area contributed by atoms with Crippen LogP contribution in [0.5, 0.6) is 5.75 Å². The molecule has 0 saturated heterocycles. The van der Waals surface area contributed by atoms with Gasteiger partial charge in [0.2, 0.25) is 0 Å². The fourth-order valence-electron chi connectivity index (χ4n) is 1.29. The molecule has 91 valence electrons. The molecule has 0 aliphatic rings. The first kappa shape index (κ1) is 14.0. The molecule has 1 radical (unpaired) electrons. The molecule has 0 bridgehead atoms. The molecule has 5 heteroatoms. The first-order chi connectivity index (χ1) is 7.68. The average Bonchev–Trinajstić information content (AvgIpc) is 2.31. The SMILES string of the molecule is O=P(O)(Oc1ccccc1)c1ccccc1.[Co]. The zero-order valence-electron chi connectivity index (χ0n) is 8.82. The van der Waals surface area contributed by atoms with Crippen molar-refractivity contribution >= 4 is 12.9 Å². The Hall–Kier alpha value is -1.06. The fourth-order valence-corrected chi connectivity index (χ4v) is 2.36. The molecular weight excluding hydrogens is 282 g/mol. The molecule has 1 N–H and O–H groups in total. The summed E-state index contributed by atoms with van der Waals surface area (Å²) in [5.74, 6) is 0.386. The van der Waals surface area contributed by atoms with Crippen molar-refractivity contribution in [1.82, 2.24) is 0 Å². The van der Waals surface area contributed by atoms with Crippen LogP contribution >= 0.6 is 7.60 Å². The Morgan fingerprint density at radius 1 is 0.882 bits per heavy atom. The standard InChI is InChI=1S/C12H11O3P.Co/c13-16(14,12-9-5-2-6-10-12)15-11-7-3-1-4-8-11;/h1-10H,(H,13,14);. The van der Waals surface area contributed by atoms with Crippen LogP contribution in [0.1, 0.15) is 0 Å². The number of benzene rings is 2. The molecule has 0 fully saturated rings. The summed E-state index contributed by atoms with van der Waals surface area (Å²) in [6.45, 7) is 0. The Morgan fingerprint density at radius 3 is 1.88 bits per heavy atom. The molecule has 17 heavy (non-hydrogen) atoms. The number of para-hydroxylation sites is 1. The summed E-state index contributed by atoms with van der Waals surface area (Å²) < 4.78 is 17.0. The summed E-state index contributed by atoms with van der Waals surface area (Å²) in [4.78, 5) is 9.77. The monoisotopic (exact) mass is 293 g/mol. The maximum absolute atomic E-state index is 11.9. The zero-order valence-corrected chi connectivity index (χ0v) is 10.8. The maximum Gasteiger partial charge on any atom is 0.408 e. The van der Waals surface area contributed by atoms with Crippen molar-refractivity contribution < 1.29 is 30.8 Å². The minimum atomic E-state index is -3.77. The third-order valence-corrected chi connectivity index (χ3v) is 3.46. The summed E-state index contributed by atoms with van der Waals surface area (Å²) in [6, 6.07) is 16.9. The van der Waals surface area contributed by atoms with Crippen LogP contribution in [0.2, 0.25) is 0 Å². The van der Waals surface area contributed by atoms with Gasteiger partial charge >= 0.3 is 7.60 Å². The molecule has 2 rings (SSSR count). The van der Waals surface area contributed by atoms with Gasteiger partial charge in [0.05, 0.1) is 5.30 Å². The quantitative estimate of drug-likeness (QED) is 0.885. The second-order valence-corrected chi connectivity index (χ2v) is 5.00. The number of rotatable bonds is 3. The van der Waals surface area contributed by atoms with Crippen LogP contribution in [0, 0.1) is 0 Å². The van der Waals surface area contributed by atoms with Gasteiger partial charge in [-0.1, -0.05) is 36.4 Å². The molecular formula is C12H11CoO3P. The van der Waals surface area contributed by atoms with E-state index in [1.165, 1.54) is 0 Å². The average molecular weight is 293 g/mol. The van der Waals surface area contributed by atoms with Crippen LogP contribution < -0.4 is 9.83 Å². The molecule has 0 aromatic heterocycles. The van der Waals surface area contributed by atoms with Gasteiger partial charge in [0, 0.05) is 16.8 Å². The largest absolute Gasteiger partial charge is 0.421 e.